The van der Waals surface area contributed by atoms with Gasteiger partial charge in [-0.15, -0.1) is 0 Å². The number of rotatable bonds is 2. The van der Waals surface area contributed by atoms with Crippen molar-refractivity contribution in [3.63, 3.8) is 0 Å². The molecule has 2 fully saturated rings. The van der Waals surface area contributed by atoms with Crippen molar-refractivity contribution in [2.24, 2.45) is 11.5 Å². The van der Waals surface area contributed by atoms with Gasteiger partial charge in [-0.1, -0.05) is 30.3 Å². The lowest BCUT2D eigenvalue weighted by Gasteiger charge is -2.47. The topological polar surface area (TPSA) is 89.0 Å². The van der Waals surface area contributed by atoms with Crippen molar-refractivity contribution < 1.29 is 18.9 Å². The molecule has 0 bridgehead atoms. The molecule has 2 heterocycles. The number of ether oxygens (including phenoxy) is 4. The Bertz CT molecular complexity index is 442. The predicted octanol–water partition coefficient (Wildman–Crippen LogP) is 0.127. The van der Waals surface area contributed by atoms with E-state index in [-0.39, 0.29) is 18.2 Å². The van der Waals surface area contributed by atoms with E-state index >= 15 is 0 Å². The average molecular weight is 280 g/mol. The van der Waals surface area contributed by atoms with Gasteiger partial charge in [-0.2, -0.15) is 0 Å². The zero-order chi connectivity index (χ0) is 14.1. The number of hydrogen-bond acceptors (Lipinski definition) is 6. The molecule has 2 saturated heterocycles. The maximum Gasteiger partial charge on any atom is 0.184 e. The molecule has 3 rings (SSSR count). The van der Waals surface area contributed by atoms with E-state index in [0.717, 1.165) is 5.56 Å². The summed E-state index contributed by atoms with van der Waals surface area (Å²) in [5.74, 6) is 0. The monoisotopic (exact) mass is 280 g/mol. The van der Waals surface area contributed by atoms with Crippen LogP contribution >= 0.6 is 0 Å². The van der Waals surface area contributed by atoms with E-state index in [1.54, 1.807) is 7.11 Å². The molecule has 0 spiro atoms. The first-order valence-corrected chi connectivity index (χ1v) is 6.72. The molecule has 0 unspecified atom stereocenters. The van der Waals surface area contributed by atoms with Crippen molar-refractivity contribution in [1.82, 2.24) is 0 Å². The van der Waals surface area contributed by atoms with Crippen molar-refractivity contribution in [3.05, 3.63) is 35.9 Å². The summed E-state index contributed by atoms with van der Waals surface area (Å²) in [4.78, 5) is 0. The Labute approximate surface area is 117 Å². The first-order chi connectivity index (χ1) is 9.70. The molecule has 0 saturated carbocycles. The maximum atomic E-state index is 6.17. The van der Waals surface area contributed by atoms with Gasteiger partial charge in [0.2, 0.25) is 0 Å². The highest BCUT2D eigenvalue weighted by Crippen LogP contribution is 2.32. The van der Waals surface area contributed by atoms with Gasteiger partial charge in [0.1, 0.15) is 12.2 Å². The van der Waals surface area contributed by atoms with Crippen molar-refractivity contribution in [2.45, 2.75) is 36.9 Å². The van der Waals surface area contributed by atoms with E-state index in [2.05, 4.69) is 0 Å². The second kappa shape index (κ2) is 5.77. The summed E-state index contributed by atoms with van der Waals surface area (Å²) in [7, 11) is 1.55. The summed E-state index contributed by atoms with van der Waals surface area (Å²) >= 11 is 0. The highest BCUT2D eigenvalue weighted by Gasteiger charge is 2.47. The van der Waals surface area contributed by atoms with Crippen molar-refractivity contribution in [1.29, 1.82) is 0 Å². The average Bonchev–Trinajstić information content (AvgIpc) is 2.51. The van der Waals surface area contributed by atoms with Crippen LogP contribution in [0, 0.1) is 0 Å². The molecule has 2 aliphatic rings. The van der Waals surface area contributed by atoms with Gasteiger partial charge in [0.05, 0.1) is 18.7 Å². The van der Waals surface area contributed by atoms with Crippen molar-refractivity contribution >= 4 is 0 Å². The summed E-state index contributed by atoms with van der Waals surface area (Å²) in [6.45, 7) is 0.407. The third-order valence-corrected chi connectivity index (χ3v) is 3.81. The summed E-state index contributed by atoms with van der Waals surface area (Å²) in [6.07, 6.45) is -1.50. The van der Waals surface area contributed by atoms with Crippen LogP contribution in [0.15, 0.2) is 30.3 Å². The maximum absolute atomic E-state index is 6.17. The van der Waals surface area contributed by atoms with Gasteiger partial charge in [-0.3, -0.25) is 0 Å². The van der Waals surface area contributed by atoms with E-state index < -0.39 is 18.6 Å². The molecule has 0 amide bonds. The van der Waals surface area contributed by atoms with Gasteiger partial charge < -0.3 is 30.4 Å². The van der Waals surface area contributed by atoms with Gasteiger partial charge >= 0.3 is 0 Å². The van der Waals surface area contributed by atoms with Crippen LogP contribution in [-0.4, -0.2) is 44.3 Å². The molecule has 1 aromatic carbocycles. The van der Waals surface area contributed by atoms with Crippen LogP contribution in [0.3, 0.4) is 0 Å². The van der Waals surface area contributed by atoms with Gasteiger partial charge in [-0.25, -0.2) is 0 Å². The largest absolute Gasteiger partial charge is 0.354 e. The van der Waals surface area contributed by atoms with Crippen LogP contribution in [0.1, 0.15) is 11.9 Å². The third kappa shape index (κ3) is 2.46. The zero-order valence-corrected chi connectivity index (χ0v) is 11.3. The van der Waals surface area contributed by atoms with Crippen LogP contribution < -0.4 is 11.5 Å². The molecule has 2 aliphatic heterocycles. The molecule has 6 atom stereocenters. The Morgan fingerprint density at radius 2 is 1.85 bits per heavy atom. The molecular weight excluding hydrogens is 260 g/mol. The molecule has 0 radical (unpaired) electrons. The summed E-state index contributed by atoms with van der Waals surface area (Å²) in [5.41, 5.74) is 13.2. The van der Waals surface area contributed by atoms with Crippen LogP contribution in [-0.2, 0) is 18.9 Å². The Morgan fingerprint density at radius 1 is 1.10 bits per heavy atom. The van der Waals surface area contributed by atoms with E-state index in [1.807, 2.05) is 30.3 Å². The first kappa shape index (κ1) is 13.9. The van der Waals surface area contributed by atoms with E-state index in [1.165, 1.54) is 0 Å². The normalized spacial score (nSPS) is 41.1. The minimum atomic E-state index is -0.522. The first-order valence-electron chi connectivity index (χ1n) is 6.72. The Hall–Kier alpha value is -1.02. The third-order valence-electron chi connectivity index (χ3n) is 3.81. The second-order valence-corrected chi connectivity index (χ2v) is 5.11. The Morgan fingerprint density at radius 3 is 2.55 bits per heavy atom. The predicted molar refractivity (Wildman–Crippen MR) is 71.6 cm³/mol. The van der Waals surface area contributed by atoms with Gasteiger partial charge in [0.25, 0.3) is 0 Å². The lowest BCUT2D eigenvalue weighted by molar-refractivity contribution is -0.321. The fraction of sp³-hybridized carbons (Fsp3) is 0.571. The molecule has 6 heteroatoms. The van der Waals surface area contributed by atoms with E-state index in [0.29, 0.717) is 6.61 Å². The van der Waals surface area contributed by atoms with Crippen molar-refractivity contribution in [3.8, 4) is 0 Å². The van der Waals surface area contributed by atoms with Gasteiger partial charge in [-0.05, 0) is 0 Å². The second-order valence-electron chi connectivity index (χ2n) is 5.11. The van der Waals surface area contributed by atoms with Crippen molar-refractivity contribution in [2.75, 3.05) is 13.7 Å². The van der Waals surface area contributed by atoms with Gasteiger partial charge in [0.15, 0.2) is 12.6 Å². The van der Waals surface area contributed by atoms with Crippen LogP contribution in [0.4, 0.5) is 0 Å². The fourth-order valence-electron chi connectivity index (χ4n) is 2.66. The van der Waals surface area contributed by atoms with Crippen LogP contribution in [0.2, 0.25) is 0 Å². The number of benzene rings is 1. The lowest BCUT2D eigenvalue weighted by atomic mass is 9.94. The number of hydrogen-bond donors (Lipinski definition) is 2. The summed E-state index contributed by atoms with van der Waals surface area (Å²) in [5, 5.41) is 0. The smallest absolute Gasteiger partial charge is 0.184 e. The number of fused-ring (bicyclic) bond motifs is 1. The molecule has 4 N–H and O–H groups in total. The number of nitrogens with two attached hydrogens (primary N) is 2. The molecule has 0 aliphatic carbocycles. The minimum absolute atomic E-state index is 0.255. The molecule has 6 nitrogen and oxygen atoms in total. The SMILES string of the molecule is CO[C@H]1O[C@@H]2CO[C@@H](c3ccccc3)O[C@H]2[C@H](N)[C@H]1N. The lowest BCUT2D eigenvalue weighted by Crippen LogP contribution is -2.67. The summed E-state index contributed by atoms with van der Waals surface area (Å²) in [6, 6.07) is 8.97. The minimum Gasteiger partial charge on any atom is -0.354 e. The van der Waals surface area contributed by atoms with Crippen LogP contribution in [0.5, 0.6) is 0 Å². The Balaban J connectivity index is 1.74. The zero-order valence-electron chi connectivity index (χ0n) is 11.3. The molecular formula is C14H20N2O4. The molecule has 110 valence electrons. The Kier molecular flexibility index (Phi) is 4.02. The van der Waals surface area contributed by atoms with E-state index in [9.17, 15) is 0 Å². The standard InChI is InChI=1S/C14H20N2O4/c1-17-14-11(16)10(15)12-9(19-14)7-18-13(20-12)8-5-3-2-4-6-8/h2-6,9-14H,7,15-16H2,1H3/t9-,10-,11-,12-,13-,14+/m1/s1. The summed E-state index contributed by atoms with van der Waals surface area (Å²) < 4.78 is 22.6. The molecule has 0 aromatic heterocycles. The molecule has 1 aromatic rings. The van der Waals surface area contributed by atoms with E-state index in [4.69, 9.17) is 30.4 Å². The highest BCUT2D eigenvalue weighted by molar-refractivity contribution is 5.16. The quantitative estimate of drug-likeness (QED) is 0.800. The van der Waals surface area contributed by atoms with Gasteiger partial charge in [0, 0.05) is 12.7 Å². The van der Waals surface area contributed by atoms with Crippen LogP contribution in [0.25, 0.3) is 0 Å². The fourth-order valence-corrected chi connectivity index (χ4v) is 2.66. The highest BCUT2D eigenvalue weighted by atomic mass is 16.7. The number of methoxy groups -OCH3 is 1. The molecule has 20 heavy (non-hydrogen) atoms.